The van der Waals surface area contributed by atoms with Crippen LogP contribution in [-0.4, -0.2) is 19.5 Å². The van der Waals surface area contributed by atoms with Gasteiger partial charge in [0.2, 0.25) is 5.91 Å². The van der Waals surface area contributed by atoms with E-state index < -0.39 is 0 Å². The number of fused-ring (bicyclic) bond motifs is 2. The van der Waals surface area contributed by atoms with E-state index in [9.17, 15) is 4.79 Å². The van der Waals surface area contributed by atoms with Crippen LogP contribution in [0.4, 0.5) is 11.4 Å². The van der Waals surface area contributed by atoms with E-state index in [-0.39, 0.29) is 5.91 Å². The number of allylic oxidation sites excluding steroid dienone is 2. The molecule has 0 fully saturated rings. The Hall–Kier alpha value is -2.28. The van der Waals surface area contributed by atoms with Crippen LogP contribution in [0.1, 0.15) is 74.1 Å². The van der Waals surface area contributed by atoms with Gasteiger partial charge in [-0.1, -0.05) is 56.7 Å². The highest BCUT2D eigenvalue weighted by molar-refractivity contribution is 14.1. The summed E-state index contributed by atoms with van der Waals surface area (Å²) in [6.45, 7) is 6.15. The number of nitrogens with one attached hydrogen (secondary N) is 2. The highest BCUT2D eigenvalue weighted by Crippen LogP contribution is 2.36. The van der Waals surface area contributed by atoms with E-state index in [1.165, 1.54) is 43.6 Å². The summed E-state index contributed by atoms with van der Waals surface area (Å²) in [5, 5.41) is 6.47. The smallest absolute Gasteiger partial charge is 0.220 e. The summed E-state index contributed by atoms with van der Waals surface area (Å²) in [7, 11) is 1.99. The molecule has 1 heterocycles. The Morgan fingerprint density at radius 2 is 2.03 bits per heavy atom. The first-order valence-corrected chi connectivity index (χ1v) is 14.0. The Balaban J connectivity index is 1.19. The number of halogens is 1. The van der Waals surface area contributed by atoms with Crippen LogP contribution >= 0.6 is 22.6 Å². The lowest BCUT2D eigenvalue weighted by atomic mass is 9.91. The summed E-state index contributed by atoms with van der Waals surface area (Å²) in [6, 6.07) is 11.1. The first-order valence-electron chi connectivity index (χ1n) is 13.0. The highest BCUT2D eigenvalue weighted by Gasteiger charge is 2.19. The number of hydrogen-bond donors (Lipinski definition) is 2. The quantitative estimate of drug-likeness (QED) is 0.217. The molecule has 0 saturated heterocycles. The van der Waals surface area contributed by atoms with Crippen molar-refractivity contribution in [2.45, 2.75) is 64.8 Å². The minimum Gasteiger partial charge on any atom is -0.388 e. The van der Waals surface area contributed by atoms with Crippen LogP contribution < -0.4 is 15.5 Å². The maximum absolute atomic E-state index is 12.4. The van der Waals surface area contributed by atoms with Gasteiger partial charge in [0.15, 0.2) is 0 Å². The number of carbonyl (C=O) groups is 1. The summed E-state index contributed by atoms with van der Waals surface area (Å²) in [6.07, 6.45) is 14.8. The molecule has 4 rings (SSSR count). The molecule has 5 heteroatoms. The van der Waals surface area contributed by atoms with Crippen LogP contribution in [0, 0.1) is 9.49 Å². The van der Waals surface area contributed by atoms with E-state index in [0.717, 1.165) is 32.2 Å². The average Bonchev–Trinajstić information content (AvgIpc) is 3.23. The van der Waals surface area contributed by atoms with Gasteiger partial charge in [0, 0.05) is 59.2 Å². The van der Waals surface area contributed by atoms with Crippen LogP contribution in [0.15, 0.2) is 48.7 Å². The van der Waals surface area contributed by atoms with E-state index >= 15 is 0 Å². The zero-order valence-corrected chi connectivity index (χ0v) is 23.4. The van der Waals surface area contributed by atoms with Gasteiger partial charge < -0.3 is 15.5 Å². The number of unbranched alkanes of at least 4 members (excludes halogenated alkanes) is 2. The molecule has 2 aliphatic rings. The zero-order valence-electron chi connectivity index (χ0n) is 21.2. The monoisotopic (exact) mass is 583 g/mol. The number of anilines is 2. The van der Waals surface area contributed by atoms with E-state index in [1.807, 2.05) is 7.05 Å². The van der Waals surface area contributed by atoms with Gasteiger partial charge in [-0.25, -0.2) is 0 Å². The van der Waals surface area contributed by atoms with E-state index in [4.69, 9.17) is 0 Å². The minimum absolute atomic E-state index is 0.152. The Morgan fingerprint density at radius 1 is 1.17 bits per heavy atom. The molecule has 0 spiro atoms. The summed E-state index contributed by atoms with van der Waals surface area (Å²) in [5.74, 6) is 1.34. The van der Waals surface area contributed by atoms with Gasteiger partial charge in [0.05, 0.1) is 0 Å². The first kappa shape index (κ1) is 25.8. The van der Waals surface area contributed by atoms with Crippen LogP contribution in [0.5, 0.6) is 0 Å². The Bertz CT molecular complexity index is 1110. The Kier molecular flexibility index (Phi) is 8.93. The molecular formula is C30H38IN3O. The summed E-state index contributed by atoms with van der Waals surface area (Å²) < 4.78 is 1.25. The molecule has 1 atom stereocenters. The van der Waals surface area contributed by atoms with Crippen molar-refractivity contribution < 1.29 is 4.79 Å². The average molecular weight is 584 g/mol. The molecule has 2 aromatic rings. The third kappa shape index (κ3) is 6.69. The van der Waals surface area contributed by atoms with Crippen LogP contribution in [0.3, 0.4) is 0 Å². The fraction of sp³-hybridized carbons (Fsp3) is 0.433. The summed E-state index contributed by atoms with van der Waals surface area (Å²) >= 11 is 2.39. The fourth-order valence-electron chi connectivity index (χ4n) is 5.17. The van der Waals surface area contributed by atoms with Gasteiger partial charge in [-0.05, 0) is 83.0 Å². The van der Waals surface area contributed by atoms with Gasteiger partial charge in [-0.15, -0.1) is 0 Å². The number of amides is 1. The van der Waals surface area contributed by atoms with Gasteiger partial charge >= 0.3 is 0 Å². The second-order valence-electron chi connectivity index (χ2n) is 10.1. The molecule has 1 aliphatic heterocycles. The molecule has 4 nitrogen and oxygen atoms in total. The number of hydrogen-bond acceptors (Lipinski definition) is 3. The SMILES string of the molecule is CNc1cc(I)cc2c1CC=CN2CCCCCC(=O)NCc1ccc2c(c1)C(CC(C)C)C=C2. The normalized spacial score (nSPS) is 15.9. The maximum atomic E-state index is 12.4. The van der Waals surface area contributed by atoms with Crippen molar-refractivity contribution >= 4 is 45.9 Å². The van der Waals surface area contributed by atoms with Crippen molar-refractivity contribution in [3.63, 3.8) is 0 Å². The summed E-state index contributed by atoms with van der Waals surface area (Å²) in [4.78, 5) is 14.8. The molecule has 1 amide bonds. The minimum atomic E-state index is 0.152. The first-order chi connectivity index (χ1) is 16.9. The van der Waals surface area contributed by atoms with Crippen molar-refractivity contribution in [1.82, 2.24) is 5.32 Å². The predicted molar refractivity (Wildman–Crippen MR) is 157 cm³/mol. The molecule has 0 radical (unpaired) electrons. The Labute approximate surface area is 224 Å². The van der Waals surface area contributed by atoms with Crippen LogP contribution in [0.25, 0.3) is 6.08 Å². The largest absolute Gasteiger partial charge is 0.388 e. The van der Waals surface area contributed by atoms with Crippen LogP contribution in [0.2, 0.25) is 0 Å². The van der Waals surface area contributed by atoms with E-state index in [2.05, 4.69) is 107 Å². The molecule has 1 unspecified atom stereocenters. The van der Waals surface area contributed by atoms with Crippen molar-refractivity contribution in [1.29, 1.82) is 0 Å². The number of rotatable bonds is 11. The molecular weight excluding hydrogens is 545 g/mol. The number of benzene rings is 2. The molecule has 1 aliphatic carbocycles. The standard InChI is InChI=1S/C30H38IN3O/c1-21(2)16-24-13-12-23-11-10-22(17-27(23)24)20-33-30(35)9-5-4-6-14-34-15-7-8-26-28(32-3)18-25(31)19-29(26)34/h7,10-13,15,17-19,21,24,32H,4-6,8-9,14,16,20H2,1-3H3,(H,33,35). The third-order valence-electron chi connectivity index (χ3n) is 6.95. The molecule has 35 heavy (non-hydrogen) atoms. The second-order valence-corrected chi connectivity index (χ2v) is 11.4. The van der Waals surface area contributed by atoms with E-state index in [0.29, 0.717) is 24.8 Å². The fourth-order valence-corrected chi connectivity index (χ4v) is 5.77. The molecule has 0 bridgehead atoms. The van der Waals surface area contributed by atoms with Gasteiger partial charge in [-0.3, -0.25) is 4.79 Å². The molecule has 186 valence electrons. The maximum Gasteiger partial charge on any atom is 0.220 e. The number of nitrogens with zero attached hydrogens (tertiary/aromatic N) is 1. The lowest BCUT2D eigenvalue weighted by Gasteiger charge is -2.28. The highest BCUT2D eigenvalue weighted by atomic mass is 127. The zero-order chi connectivity index (χ0) is 24.8. The van der Waals surface area contributed by atoms with Gasteiger partial charge in [-0.2, -0.15) is 0 Å². The van der Waals surface area contributed by atoms with Crippen molar-refractivity contribution in [3.05, 3.63) is 74.5 Å². The van der Waals surface area contributed by atoms with Crippen LogP contribution in [-0.2, 0) is 17.8 Å². The van der Waals surface area contributed by atoms with Crippen molar-refractivity contribution in [3.8, 4) is 0 Å². The molecule has 0 aromatic heterocycles. The van der Waals surface area contributed by atoms with Gasteiger partial charge in [0.1, 0.15) is 0 Å². The van der Waals surface area contributed by atoms with Gasteiger partial charge in [0.25, 0.3) is 0 Å². The molecule has 2 N–H and O–H groups in total. The van der Waals surface area contributed by atoms with Crippen molar-refractivity contribution in [2.75, 3.05) is 23.8 Å². The lowest BCUT2D eigenvalue weighted by Crippen LogP contribution is -2.23. The predicted octanol–water partition coefficient (Wildman–Crippen LogP) is 7.24. The molecule has 0 saturated carbocycles. The third-order valence-corrected chi connectivity index (χ3v) is 7.58. The summed E-state index contributed by atoms with van der Waals surface area (Å²) in [5.41, 5.74) is 7.83. The lowest BCUT2D eigenvalue weighted by molar-refractivity contribution is -0.121. The Morgan fingerprint density at radius 3 is 2.83 bits per heavy atom. The number of carbonyl (C=O) groups excluding carboxylic acids is 1. The topological polar surface area (TPSA) is 44.4 Å². The van der Waals surface area contributed by atoms with E-state index in [1.54, 1.807) is 0 Å². The second kappa shape index (κ2) is 12.1. The molecule has 2 aromatic carbocycles. The van der Waals surface area contributed by atoms with Crippen molar-refractivity contribution in [2.24, 2.45) is 5.92 Å².